The highest BCUT2D eigenvalue weighted by Crippen LogP contribution is 2.26. The van der Waals surface area contributed by atoms with Crippen molar-refractivity contribution in [1.82, 2.24) is 15.5 Å². The van der Waals surface area contributed by atoms with E-state index in [1.54, 1.807) is 11.3 Å². The van der Waals surface area contributed by atoms with E-state index in [9.17, 15) is 9.59 Å². The van der Waals surface area contributed by atoms with Gasteiger partial charge in [-0.2, -0.15) is 0 Å². The predicted molar refractivity (Wildman–Crippen MR) is 118 cm³/mol. The average molecular weight is 414 g/mol. The molecule has 6 heteroatoms. The number of rotatable bonds is 9. The van der Waals surface area contributed by atoms with E-state index in [2.05, 4.69) is 33.7 Å². The Hall–Kier alpha value is -2.18. The van der Waals surface area contributed by atoms with Gasteiger partial charge in [-0.15, -0.1) is 11.3 Å². The van der Waals surface area contributed by atoms with Crippen molar-refractivity contribution in [1.29, 1.82) is 0 Å². The Kier molecular flexibility index (Phi) is 8.25. The van der Waals surface area contributed by atoms with Gasteiger partial charge in [0.2, 0.25) is 11.8 Å². The first-order chi connectivity index (χ1) is 14.2. The molecule has 2 heterocycles. The van der Waals surface area contributed by atoms with Crippen molar-refractivity contribution >= 4 is 23.2 Å². The van der Waals surface area contributed by atoms with Gasteiger partial charge in [0.1, 0.15) is 0 Å². The molecule has 5 nitrogen and oxygen atoms in total. The average Bonchev–Trinajstić information content (AvgIpc) is 3.26. The molecule has 0 radical (unpaired) electrons. The summed E-state index contributed by atoms with van der Waals surface area (Å²) in [5.74, 6) is 0.197. The molecule has 2 aromatic rings. The maximum absolute atomic E-state index is 12.7. The second kappa shape index (κ2) is 11.1. The van der Waals surface area contributed by atoms with E-state index in [4.69, 9.17) is 0 Å². The summed E-state index contributed by atoms with van der Waals surface area (Å²) >= 11 is 1.66. The Balaban J connectivity index is 1.51. The van der Waals surface area contributed by atoms with Gasteiger partial charge in [0, 0.05) is 36.9 Å². The van der Waals surface area contributed by atoms with Crippen LogP contribution in [0.4, 0.5) is 0 Å². The van der Waals surface area contributed by atoms with Crippen LogP contribution < -0.4 is 10.6 Å². The Morgan fingerprint density at radius 3 is 2.69 bits per heavy atom. The zero-order valence-electron chi connectivity index (χ0n) is 17.1. The molecule has 1 fully saturated rings. The van der Waals surface area contributed by atoms with Crippen LogP contribution in [0.2, 0.25) is 0 Å². The van der Waals surface area contributed by atoms with E-state index in [0.717, 1.165) is 49.3 Å². The topological polar surface area (TPSA) is 61.4 Å². The lowest BCUT2D eigenvalue weighted by atomic mass is 10.0. The molecule has 1 aliphatic rings. The van der Waals surface area contributed by atoms with Gasteiger partial charge in [0.25, 0.3) is 0 Å². The highest BCUT2D eigenvalue weighted by Gasteiger charge is 2.22. The highest BCUT2D eigenvalue weighted by molar-refractivity contribution is 7.10. The summed E-state index contributed by atoms with van der Waals surface area (Å²) in [7, 11) is 0. The monoisotopic (exact) mass is 413 g/mol. The van der Waals surface area contributed by atoms with Crippen LogP contribution in [0, 0.1) is 0 Å². The molecule has 2 atom stereocenters. The molecular weight excluding hydrogens is 382 g/mol. The molecule has 29 heavy (non-hydrogen) atoms. The van der Waals surface area contributed by atoms with Gasteiger partial charge in [-0.25, -0.2) is 0 Å². The summed E-state index contributed by atoms with van der Waals surface area (Å²) in [5, 5.41) is 8.38. The van der Waals surface area contributed by atoms with Gasteiger partial charge < -0.3 is 15.5 Å². The molecule has 0 aliphatic carbocycles. The van der Waals surface area contributed by atoms with Crippen molar-refractivity contribution in [3.05, 3.63) is 58.3 Å². The Labute approximate surface area is 177 Å². The first-order valence-electron chi connectivity index (χ1n) is 10.5. The van der Waals surface area contributed by atoms with E-state index < -0.39 is 0 Å². The quantitative estimate of drug-likeness (QED) is 0.659. The maximum Gasteiger partial charge on any atom is 0.222 e. The SMILES string of the molecule is CCCC(=O)NC1CCCN(CCC(=O)NC(c2ccccc2)c2cccs2)C1. The number of piperidine rings is 1. The van der Waals surface area contributed by atoms with E-state index >= 15 is 0 Å². The Morgan fingerprint density at radius 1 is 1.14 bits per heavy atom. The van der Waals surface area contributed by atoms with Gasteiger partial charge >= 0.3 is 0 Å². The van der Waals surface area contributed by atoms with Crippen LogP contribution in [0.25, 0.3) is 0 Å². The summed E-state index contributed by atoms with van der Waals surface area (Å²) in [6, 6.07) is 14.3. The molecule has 3 rings (SSSR count). The number of amides is 2. The molecule has 156 valence electrons. The number of nitrogens with one attached hydrogen (secondary N) is 2. The van der Waals surface area contributed by atoms with Gasteiger partial charge in [0.15, 0.2) is 0 Å². The molecule has 1 saturated heterocycles. The predicted octanol–water partition coefficient (Wildman–Crippen LogP) is 3.72. The number of carbonyl (C=O) groups excluding carboxylic acids is 2. The van der Waals surface area contributed by atoms with Crippen molar-refractivity contribution < 1.29 is 9.59 Å². The first kappa shape index (κ1) is 21.5. The fraction of sp³-hybridized carbons (Fsp3) is 0.478. The van der Waals surface area contributed by atoms with Crippen molar-refractivity contribution in [3.63, 3.8) is 0 Å². The van der Waals surface area contributed by atoms with Crippen LogP contribution in [0.5, 0.6) is 0 Å². The number of hydrogen-bond donors (Lipinski definition) is 2. The molecule has 1 aromatic carbocycles. The largest absolute Gasteiger partial charge is 0.352 e. The summed E-state index contributed by atoms with van der Waals surface area (Å²) in [4.78, 5) is 28.0. The molecule has 1 aliphatic heterocycles. The van der Waals surface area contributed by atoms with Crippen molar-refractivity contribution in [3.8, 4) is 0 Å². The number of likely N-dealkylation sites (tertiary alicyclic amines) is 1. The minimum Gasteiger partial charge on any atom is -0.352 e. The van der Waals surface area contributed by atoms with Gasteiger partial charge in [-0.1, -0.05) is 43.3 Å². The molecule has 2 N–H and O–H groups in total. The standard InChI is InChI=1S/C23H31N3O2S/c1-2-8-21(27)24-19-11-6-14-26(17-19)15-13-22(28)25-23(20-12-7-16-29-20)18-9-4-3-5-10-18/h3-5,7,9-10,12,16,19,23H,2,6,8,11,13-15,17H2,1H3,(H,24,27)(H,25,28). The number of nitrogens with zero attached hydrogens (tertiary/aromatic N) is 1. The van der Waals surface area contributed by atoms with Crippen LogP contribution in [0.1, 0.15) is 55.5 Å². The van der Waals surface area contributed by atoms with Crippen LogP contribution in [0.3, 0.4) is 0 Å². The summed E-state index contributed by atoms with van der Waals surface area (Å²) in [6.07, 6.45) is 4.00. The van der Waals surface area contributed by atoms with E-state index in [-0.39, 0.29) is 23.9 Å². The molecule has 2 unspecified atom stereocenters. The zero-order valence-corrected chi connectivity index (χ0v) is 17.9. The van der Waals surface area contributed by atoms with Gasteiger partial charge in [0.05, 0.1) is 6.04 Å². The fourth-order valence-electron chi connectivity index (χ4n) is 3.82. The molecule has 2 amide bonds. The van der Waals surface area contributed by atoms with Crippen molar-refractivity contribution in [2.75, 3.05) is 19.6 Å². The zero-order chi connectivity index (χ0) is 20.5. The van der Waals surface area contributed by atoms with Gasteiger partial charge in [-0.3, -0.25) is 9.59 Å². The summed E-state index contributed by atoms with van der Waals surface area (Å²) in [5.41, 5.74) is 1.10. The van der Waals surface area contributed by atoms with Crippen LogP contribution in [-0.4, -0.2) is 42.4 Å². The van der Waals surface area contributed by atoms with Crippen LogP contribution >= 0.6 is 11.3 Å². The number of benzene rings is 1. The maximum atomic E-state index is 12.7. The van der Waals surface area contributed by atoms with E-state index in [0.29, 0.717) is 12.8 Å². The lowest BCUT2D eigenvalue weighted by molar-refractivity contribution is -0.123. The molecular formula is C23H31N3O2S. The van der Waals surface area contributed by atoms with Crippen molar-refractivity contribution in [2.45, 2.75) is 51.1 Å². The third-order valence-corrected chi connectivity index (χ3v) is 6.21. The number of thiophene rings is 1. The second-order valence-corrected chi connectivity index (χ2v) is 8.61. The van der Waals surface area contributed by atoms with Gasteiger partial charge in [-0.05, 0) is 42.8 Å². The lowest BCUT2D eigenvalue weighted by Crippen LogP contribution is -2.48. The Morgan fingerprint density at radius 2 is 1.97 bits per heavy atom. The minimum atomic E-state index is -0.105. The molecule has 0 spiro atoms. The summed E-state index contributed by atoms with van der Waals surface area (Å²) in [6.45, 7) is 4.55. The summed E-state index contributed by atoms with van der Waals surface area (Å²) < 4.78 is 0. The number of carbonyl (C=O) groups is 2. The highest BCUT2D eigenvalue weighted by atomic mass is 32.1. The normalized spacial score (nSPS) is 18.2. The van der Waals surface area contributed by atoms with Crippen molar-refractivity contribution in [2.24, 2.45) is 0 Å². The van der Waals surface area contributed by atoms with Crippen LogP contribution in [0.15, 0.2) is 47.8 Å². The van der Waals surface area contributed by atoms with Crippen LogP contribution in [-0.2, 0) is 9.59 Å². The molecule has 0 bridgehead atoms. The second-order valence-electron chi connectivity index (χ2n) is 7.63. The third kappa shape index (κ3) is 6.68. The fourth-order valence-corrected chi connectivity index (χ4v) is 4.62. The van der Waals surface area contributed by atoms with E-state index in [1.807, 2.05) is 36.6 Å². The number of hydrogen-bond acceptors (Lipinski definition) is 4. The molecule has 0 saturated carbocycles. The first-order valence-corrected chi connectivity index (χ1v) is 11.4. The molecule has 1 aromatic heterocycles. The lowest BCUT2D eigenvalue weighted by Gasteiger charge is -2.33. The minimum absolute atomic E-state index is 0.0596. The Bertz CT molecular complexity index is 764. The third-order valence-electron chi connectivity index (χ3n) is 5.27. The van der Waals surface area contributed by atoms with E-state index in [1.165, 1.54) is 0 Å². The smallest absolute Gasteiger partial charge is 0.222 e.